The Morgan fingerprint density at radius 2 is 1.79 bits per heavy atom. The molecule has 1 aliphatic rings. The zero-order valence-electron chi connectivity index (χ0n) is 18.7. The van der Waals surface area contributed by atoms with Gasteiger partial charge in [-0.05, 0) is 56.5 Å². The van der Waals surface area contributed by atoms with Gasteiger partial charge in [0.1, 0.15) is 16.6 Å². The Kier molecular flexibility index (Phi) is 5.75. The lowest BCUT2D eigenvalue weighted by Crippen LogP contribution is -2.53. The minimum absolute atomic E-state index is 0.0639. The van der Waals surface area contributed by atoms with Crippen LogP contribution in [0.5, 0.6) is 0 Å². The highest BCUT2D eigenvalue weighted by Gasteiger charge is 2.36. The maximum absolute atomic E-state index is 13.1. The highest BCUT2D eigenvalue weighted by Crippen LogP contribution is 2.34. The number of urea groups is 1. The first-order chi connectivity index (χ1) is 15.7. The topological polar surface area (TPSA) is 95.2 Å². The van der Waals surface area contributed by atoms with Crippen molar-refractivity contribution in [2.24, 2.45) is 0 Å². The van der Waals surface area contributed by atoms with E-state index in [0.717, 1.165) is 37.3 Å². The number of nitriles is 1. The Morgan fingerprint density at radius 3 is 2.45 bits per heavy atom. The third kappa shape index (κ3) is 3.88. The van der Waals surface area contributed by atoms with Gasteiger partial charge in [0.2, 0.25) is 0 Å². The second-order valence-electron chi connectivity index (χ2n) is 7.93. The Bertz CT molecular complexity index is 1370. The predicted octanol–water partition coefficient (Wildman–Crippen LogP) is 4.31. The fraction of sp³-hybridized carbons (Fsp3) is 0.200. The highest BCUT2D eigenvalue weighted by atomic mass is 32.1. The van der Waals surface area contributed by atoms with Crippen molar-refractivity contribution in [2.45, 2.75) is 34.2 Å². The van der Waals surface area contributed by atoms with Crippen molar-refractivity contribution < 1.29 is 14.4 Å². The molecule has 0 atom stereocenters. The number of nitrogens with one attached hydrogen (secondary N) is 1. The first-order valence-electron chi connectivity index (χ1n) is 10.3. The lowest BCUT2D eigenvalue weighted by Gasteiger charge is -2.26. The molecule has 33 heavy (non-hydrogen) atoms. The molecule has 0 aliphatic carbocycles. The summed E-state index contributed by atoms with van der Waals surface area (Å²) in [7, 11) is 0. The van der Waals surface area contributed by atoms with Crippen LogP contribution in [0.4, 0.5) is 4.79 Å². The van der Waals surface area contributed by atoms with Gasteiger partial charge in [-0.1, -0.05) is 30.3 Å². The van der Waals surface area contributed by atoms with Crippen molar-refractivity contribution >= 4 is 35.3 Å². The van der Waals surface area contributed by atoms with Gasteiger partial charge in [-0.2, -0.15) is 5.26 Å². The monoisotopic (exact) mass is 458 g/mol. The summed E-state index contributed by atoms with van der Waals surface area (Å²) in [5, 5.41) is 12.7. The quantitative estimate of drug-likeness (QED) is 0.466. The molecule has 0 unspecified atom stereocenters. The van der Waals surface area contributed by atoms with Gasteiger partial charge in [-0.3, -0.25) is 19.8 Å². The molecular weight excluding hydrogens is 436 g/mol. The molecule has 1 N–H and O–H groups in total. The van der Waals surface area contributed by atoms with E-state index in [0.29, 0.717) is 11.1 Å². The van der Waals surface area contributed by atoms with Crippen LogP contribution in [0, 0.1) is 39.0 Å². The van der Waals surface area contributed by atoms with Crippen molar-refractivity contribution in [3.63, 3.8) is 0 Å². The molecule has 7 nitrogen and oxygen atoms in total. The number of nitrogens with zero attached hydrogens (tertiary/aromatic N) is 3. The molecule has 0 radical (unpaired) electrons. The fourth-order valence-electron chi connectivity index (χ4n) is 3.90. The first-order valence-corrected chi connectivity index (χ1v) is 11.2. The van der Waals surface area contributed by atoms with E-state index in [-0.39, 0.29) is 12.1 Å². The van der Waals surface area contributed by atoms with Crippen LogP contribution >= 0.6 is 11.3 Å². The van der Waals surface area contributed by atoms with Crippen LogP contribution in [0.25, 0.3) is 11.1 Å². The van der Waals surface area contributed by atoms with E-state index < -0.39 is 17.8 Å². The Labute approximate surface area is 195 Å². The van der Waals surface area contributed by atoms with E-state index in [4.69, 9.17) is 0 Å². The van der Waals surface area contributed by atoms with E-state index in [9.17, 15) is 19.6 Å². The molecule has 4 amide bonds. The summed E-state index contributed by atoms with van der Waals surface area (Å²) in [6, 6.07) is 12.5. The zero-order chi connectivity index (χ0) is 23.9. The van der Waals surface area contributed by atoms with Gasteiger partial charge in [0.25, 0.3) is 11.8 Å². The summed E-state index contributed by atoms with van der Waals surface area (Å²) in [5.41, 5.74) is 4.58. The highest BCUT2D eigenvalue weighted by molar-refractivity contribution is 7.14. The molecule has 3 heterocycles. The summed E-state index contributed by atoms with van der Waals surface area (Å²) in [5.74, 6) is -1.36. The normalized spacial score (nSPS) is 15.2. The summed E-state index contributed by atoms with van der Waals surface area (Å²) in [6.45, 7) is 7.76. The number of barbiturate groups is 1. The Hall–Kier alpha value is -3.96. The van der Waals surface area contributed by atoms with Crippen molar-refractivity contribution in [1.82, 2.24) is 14.8 Å². The summed E-state index contributed by atoms with van der Waals surface area (Å²) < 4.78 is 1.97. The second kappa shape index (κ2) is 8.52. The van der Waals surface area contributed by atoms with Crippen molar-refractivity contribution in [1.29, 1.82) is 5.26 Å². The number of aromatic nitrogens is 1. The van der Waals surface area contributed by atoms with Crippen LogP contribution < -0.4 is 5.32 Å². The average Bonchev–Trinajstić information content (AvgIpc) is 3.22. The third-order valence-electron chi connectivity index (χ3n) is 5.82. The van der Waals surface area contributed by atoms with Gasteiger partial charge in [-0.15, -0.1) is 11.3 Å². The number of carbonyl (C=O) groups excluding carboxylic acids is 3. The fourth-order valence-corrected chi connectivity index (χ4v) is 5.12. The smallest absolute Gasteiger partial charge is 0.308 e. The SMILES string of the molecule is Cc1sc(-n2c(C)cc(/C=C3\C(=O)NC(=O)N(Cc4ccccc4)C3=O)c2C)c(C#N)c1C. The summed E-state index contributed by atoms with van der Waals surface area (Å²) >= 11 is 1.53. The lowest BCUT2D eigenvalue weighted by molar-refractivity contribution is -0.130. The van der Waals surface area contributed by atoms with Crippen molar-refractivity contribution in [2.75, 3.05) is 0 Å². The zero-order valence-corrected chi connectivity index (χ0v) is 19.5. The van der Waals surface area contributed by atoms with Gasteiger partial charge in [0.15, 0.2) is 0 Å². The first kappa shape index (κ1) is 22.2. The van der Waals surface area contributed by atoms with Crippen LogP contribution in [0.3, 0.4) is 0 Å². The van der Waals surface area contributed by atoms with Gasteiger partial charge in [0.05, 0.1) is 12.1 Å². The molecule has 1 saturated heterocycles. The molecule has 166 valence electrons. The van der Waals surface area contributed by atoms with Gasteiger partial charge in [0, 0.05) is 16.3 Å². The minimum atomic E-state index is -0.736. The van der Waals surface area contributed by atoms with Crippen LogP contribution in [0.1, 0.15) is 38.5 Å². The Morgan fingerprint density at radius 1 is 1.09 bits per heavy atom. The third-order valence-corrected chi connectivity index (χ3v) is 7.01. The number of amides is 4. The molecular formula is C25H22N4O3S. The molecule has 4 rings (SSSR count). The average molecular weight is 459 g/mol. The predicted molar refractivity (Wildman–Crippen MR) is 126 cm³/mol. The molecule has 1 aromatic carbocycles. The van der Waals surface area contributed by atoms with Crippen LogP contribution in [-0.2, 0) is 16.1 Å². The molecule has 1 fully saturated rings. The van der Waals surface area contributed by atoms with Crippen molar-refractivity contribution in [3.05, 3.63) is 80.5 Å². The molecule has 8 heteroatoms. The number of benzene rings is 1. The standard InChI is InChI=1S/C25H22N4O3S/c1-14-10-19(16(3)29(14)24-21(12-26)15(2)17(4)33-24)11-20-22(30)27-25(32)28(23(20)31)13-18-8-6-5-7-9-18/h5-11H,13H2,1-4H3,(H,27,30,32)/b20-11+. The number of aryl methyl sites for hydroxylation is 2. The van der Waals surface area contributed by atoms with Crippen LogP contribution in [-0.4, -0.2) is 27.3 Å². The number of imide groups is 2. The molecule has 0 bridgehead atoms. The lowest BCUT2D eigenvalue weighted by atomic mass is 10.1. The van der Waals surface area contributed by atoms with E-state index in [1.165, 1.54) is 17.4 Å². The number of hydrogen-bond acceptors (Lipinski definition) is 5. The maximum Gasteiger partial charge on any atom is 0.331 e. The second-order valence-corrected chi connectivity index (χ2v) is 9.13. The van der Waals surface area contributed by atoms with Crippen LogP contribution in [0.15, 0.2) is 42.0 Å². The molecule has 2 aromatic heterocycles. The maximum atomic E-state index is 13.1. The Balaban J connectivity index is 1.74. The molecule has 0 saturated carbocycles. The van der Waals surface area contributed by atoms with Gasteiger partial charge in [-0.25, -0.2) is 4.79 Å². The van der Waals surface area contributed by atoms with Gasteiger partial charge < -0.3 is 4.57 Å². The van der Waals surface area contributed by atoms with Crippen molar-refractivity contribution in [3.8, 4) is 11.1 Å². The molecule has 0 spiro atoms. The number of hydrogen-bond donors (Lipinski definition) is 1. The minimum Gasteiger partial charge on any atom is -0.308 e. The largest absolute Gasteiger partial charge is 0.331 e. The number of carbonyl (C=O) groups is 3. The van der Waals surface area contributed by atoms with E-state index in [2.05, 4.69) is 11.4 Å². The van der Waals surface area contributed by atoms with Gasteiger partial charge >= 0.3 is 6.03 Å². The van der Waals surface area contributed by atoms with E-state index in [1.807, 2.05) is 68.7 Å². The summed E-state index contributed by atoms with van der Waals surface area (Å²) in [4.78, 5) is 40.1. The molecule has 1 aliphatic heterocycles. The van der Waals surface area contributed by atoms with E-state index in [1.54, 1.807) is 0 Å². The molecule has 3 aromatic rings. The number of rotatable bonds is 4. The van der Waals surface area contributed by atoms with E-state index >= 15 is 0 Å². The van der Waals surface area contributed by atoms with Crippen LogP contribution in [0.2, 0.25) is 0 Å². The number of thiophene rings is 1. The summed E-state index contributed by atoms with van der Waals surface area (Å²) in [6.07, 6.45) is 1.51.